The quantitative estimate of drug-likeness (QED) is 0.261. The fraction of sp³-hybridized carbons (Fsp3) is 0.600. The number of nitrogens with one attached hydrogen (secondary N) is 3. The monoisotopic (exact) mass is 566 g/mol. The van der Waals surface area contributed by atoms with Gasteiger partial charge < -0.3 is 20.5 Å². The first-order valence-corrected chi connectivity index (χ1v) is 12.2. The van der Waals surface area contributed by atoms with E-state index in [1.54, 1.807) is 0 Å². The number of carbonyl (C=O) groups is 1. The zero-order valence-electron chi connectivity index (χ0n) is 20.0. The molecule has 0 bridgehead atoms. The number of fused-ring (bicyclic) bond motifs is 1. The molecule has 4 rings (SSSR count). The Bertz CT molecular complexity index is 930. The van der Waals surface area contributed by atoms with Crippen LogP contribution >= 0.6 is 24.0 Å². The van der Waals surface area contributed by atoms with E-state index in [-0.39, 0.29) is 24.0 Å². The summed E-state index contributed by atoms with van der Waals surface area (Å²) in [6.07, 6.45) is 7.53. The molecule has 1 aromatic heterocycles. The molecule has 1 amide bonds. The average Bonchev–Trinajstić information content (AvgIpc) is 3.20. The number of nitrogens with zero attached hydrogens (tertiary/aromatic N) is 3. The molecule has 2 heterocycles. The summed E-state index contributed by atoms with van der Waals surface area (Å²) in [5.41, 5.74) is 3.97. The maximum atomic E-state index is 12.4. The fourth-order valence-corrected chi connectivity index (χ4v) is 4.75. The van der Waals surface area contributed by atoms with Crippen LogP contribution in [0.1, 0.15) is 37.3 Å². The summed E-state index contributed by atoms with van der Waals surface area (Å²) in [6.45, 7) is 8.52. The van der Waals surface area contributed by atoms with Crippen LogP contribution in [0.25, 0.3) is 10.9 Å². The minimum atomic E-state index is 0. The molecular formula is C25H39IN6O. The maximum absolute atomic E-state index is 12.4. The van der Waals surface area contributed by atoms with Crippen LogP contribution in [0.4, 0.5) is 0 Å². The van der Waals surface area contributed by atoms with Gasteiger partial charge in [0.2, 0.25) is 5.91 Å². The van der Waals surface area contributed by atoms with Gasteiger partial charge >= 0.3 is 0 Å². The molecule has 182 valence electrons. The Morgan fingerprint density at radius 1 is 1.12 bits per heavy atom. The molecule has 1 aliphatic carbocycles. The van der Waals surface area contributed by atoms with Crippen LogP contribution < -0.4 is 10.6 Å². The van der Waals surface area contributed by atoms with Crippen LogP contribution in [-0.4, -0.2) is 79.5 Å². The standard InChI is InChI=1S/C25H38N6O.HI/c1-3-19-6-5-9-22-21(18-29-23(19)22)10-11-27-25(26-2)28-12-13-30-14-16-31(17-15-30)24(32)20-7-4-8-20;/h5-6,9,18,20,29H,3-4,7-8,10-17H2,1-2H3,(H2,26,27,28);1H. The minimum Gasteiger partial charge on any atom is -0.361 e. The van der Waals surface area contributed by atoms with E-state index in [0.29, 0.717) is 11.8 Å². The van der Waals surface area contributed by atoms with Gasteiger partial charge in [0.05, 0.1) is 0 Å². The molecule has 2 fully saturated rings. The third kappa shape index (κ3) is 6.41. The van der Waals surface area contributed by atoms with Crippen LogP contribution in [0.2, 0.25) is 0 Å². The number of piperazine rings is 1. The number of aromatic amines is 1. The Kier molecular flexibility index (Phi) is 9.85. The third-order valence-electron chi connectivity index (χ3n) is 7.04. The summed E-state index contributed by atoms with van der Waals surface area (Å²) in [5.74, 6) is 1.55. The number of aromatic nitrogens is 1. The van der Waals surface area contributed by atoms with E-state index in [2.05, 4.69) is 61.7 Å². The topological polar surface area (TPSA) is 75.8 Å². The highest BCUT2D eigenvalue weighted by Gasteiger charge is 2.30. The van der Waals surface area contributed by atoms with Gasteiger partial charge in [-0.05, 0) is 36.8 Å². The first-order valence-electron chi connectivity index (χ1n) is 12.2. The van der Waals surface area contributed by atoms with Crippen molar-refractivity contribution in [3.8, 4) is 0 Å². The zero-order valence-corrected chi connectivity index (χ0v) is 22.4. The number of hydrogen-bond acceptors (Lipinski definition) is 3. The maximum Gasteiger partial charge on any atom is 0.225 e. The van der Waals surface area contributed by atoms with Crippen LogP contribution in [-0.2, 0) is 17.6 Å². The first-order chi connectivity index (χ1) is 15.7. The van der Waals surface area contributed by atoms with Gasteiger partial charge in [0.15, 0.2) is 5.96 Å². The zero-order chi connectivity index (χ0) is 22.3. The minimum absolute atomic E-state index is 0. The lowest BCUT2D eigenvalue weighted by Gasteiger charge is -2.38. The Labute approximate surface area is 214 Å². The number of benzene rings is 1. The molecule has 0 radical (unpaired) electrons. The van der Waals surface area contributed by atoms with Crippen molar-refractivity contribution in [3.63, 3.8) is 0 Å². The highest BCUT2D eigenvalue weighted by molar-refractivity contribution is 14.0. The summed E-state index contributed by atoms with van der Waals surface area (Å²) in [4.78, 5) is 24.7. The van der Waals surface area contributed by atoms with Gasteiger partial charge in [0, 0.05) is 75.9 Å². The molecule has 3 N–H and O–H groups in total. The number of para-hydroxylation sites is 1. The van der Waals surface area contributed by atoms with Gasteiger partial charge in [0.1, 0.15) is 0 Å². The van der Waals surface area contributed by atoms with Crippen LogP contribution in [0.5, 0.6) is 0 Å². The van der Waals surface area contributed by atoms with E-state index >= 15 is 0 Å². The second-order valence-electron chi connectivity index (χ2n) is 8.98. The summed E-state index contributed by atoms with van der Waals surface area (Å²) in [6, 6.07) is 6.54. The van der Waals surface area contributed by atoms with Crippen LogP contribution in [0.3, 0.4) is 0 Å². The number of guanidine groups is 1. The molecule has 0 unspecified atom stereocenters. The van der Waals surface area contributed by atoms with Crippen LogP contribution in [0, 0.1) is 5.92 Å². The van der Waals surface area contributed by atoms with Crippen LogP contribution in [0.15, 0.2) is 29.4 Å². The molecule has 2 aromatic rings. The van der Waals surface area contributed by atoms with E-state index < -0.39 is 0 Å². The second-order valence-corrected chi connectivity index (χ2v) is 8.98. The molecule has 2 aliphatic rings. The third-order valence-corrected chi connectivity index (χ3v) is 7.04. The molecule has 7 nitrogen and oxygen atoms in total. The lowest BCUT2D eigenvalue weighted by atomic mass is 9.84. The summed E-state index contributed by atoms with van der Waals surface area (Å²) >= 11 is 0. The number of rotatable bonds is 8. The molecule has 8 heteroatoms. The van der Waals surface area contributed by atoms with Gasteiger partial charge in [-0.15, -0.1) is 24.0 Å². The van der Waals surface area contributed by atoms with E-state index in [1.165, 1.54) is 28.5 Å². The predicted octanol–water partition coefficient (Wildman–Crippen LogP) is 3.00. The Balaban J connectivity index is 0.00000306. The Hall–Kier alpha value is -1.81. The Morgan fingerprint density at radius 2 is 1.88 bits per heavy atom. The number of aliphatic imine (C=N–C) groups is 1. The smallest absolute Gasteiger partial charge is 0.225 e. The summed E-state index contributed by atoms with van der Waals surface area (Å²) in [7, 11) is 1.82. The van der Waals surface area contributed by atoms with Crippen molar-refractivity contribution in [2.45, 2.75) is 39.0 Å². The lowest BCUT2D eigenvalue weighted by Crippen LogP contribution is -2.52. The number of amides is 1. The largest absolute Gasteiger partial charge is 0.361 e. The molecule has 1 saturated heterocycles. The van der Waals surface area contributed by atoms with Crippen molar-refractivity contribution in [1.29, 1.82) is 0 Å². The number of hydrogen-bond donors (Lipinski definition) is 3. The van der Waals surface area contributed by atoms with Gasteiger partial charge in [-0.2, -0.15) is 0 Å². The van der Waals surface area contributed by atoms with E-state index in [1.807, 2.05) is 7.05 Å². The average molecular weight is 567 g/mol. The molecule has 0 atom stereocenters. The molecule has 33 heavy (non-hydrogen) atoms. The first kappa shape index (κ1) is 25.8. The molecule has 0 spiro atoms. The molecule has 1 aromatic carbocycles. The van der Waals surface area contributed by atoms with E-state index in [0.717, 1.165) is 77.5 Å². The number of halogens is 1. The van der Waals surface area contributed by atoms with Crippen molar-refractivity contribution in [3.05, 3.63) is 35.5 Å². The normalized spacial score (nSPS) is 17.5. The number of carbonyl (C=O) groups excluding carboxylic acids is 1. The second kappa shape index (κ2) is 12.6. The molecule has 1 saturated carbocycles. The van der Waals surface area contributed by atoms with Crippen molar-refractivity contribution >= 4 is 46.7 Å². The van der Waals surface area contributed by atoms with Gasteiger partial charge in [-0.3, -0.25) is 14.7 Å². The number of aryl methyl sites for hydroxylation is 1. The van der Waals surface area contributed by atoms with E-state index in [4.69, 9.17) is 0 Å². The molecule has 1 aliphatic heterocycles. The van der Waals surface area contributed by atoms with Crippen molar-refractivity contribution in [1.82, 2.24) is 25.4 Å². The van der Waals surface area contributed by atoms with Crippen molar-refractivity contribution in [2.24, 2.45) is 10.9 Å². The Morgan fingerprint density at radius 3 is 2.55 bits per heavy atom. The lowest BCUT2D eigenvalue weighted by molar-refractivity contribution is -0.139. The van der Waals surface area contributed by atoms with Gasteiger partial charge in [-0.25, -0.2) is 0 Å². The SMILES string of the molecule is CCc1cccc2c(CCNC(=NC)NCCN3CCN(C(=O)C4CCC4)CC3)c[nH]c12.I. The van der Waals surface area contributed by atoms with Crippen molar-refractivity contribution < 1.29 is 4.79 Å². The van der Waals surface area contributed by atoms with E-state index in [9.17, 15) is 4.79 Å². The number of H-pyrrole nitrogens is 1. The van der Waals surface area contributed by atoms with Gasteiger partial charge in [-0.1, -0.05) is 31.5 Å². The highest BCUT2D eigenvalue weighted by Crippen LogP contribution is 2.28. The summed E-state index contributed by atoms with van der Waals surface area (Å²) in [5, 5.41) is 8.19. The molecular weight excluding hydrogens is 527 g/mol. The van der Waals surface area contributed by atoms with Crippen molar-refractivity contribution in [2.75, 3.05) is 52.9 Å². The van der Waals surface area contributed by atoms with Gasteiger partial charge in [0.25, 0.3) is 0 Å². The predicted molar refractivity (Wildman–Crippen MR) is 147 cm³/mol. The highest BCUT2D eigenvalue weighted by atomic mass is 127. The summed E-state index contributed by atoms with van der Waals surface area (Å²) < 4.78 is 0. The fourth-order valence-electron chi connectivity index (χ4n) is 4.75.